The predicted molar refractivity (Wildman–Crippen MR) is 35.9 cm³/mol. The maximum absolute atomic E-state index is 9.63. The molecule has 9 nitrogen and oxygen atoms in total. The van der Waals surface area contributed by atoms with Gasteiger partial charge >= 0.3 is 67.0 Å². The van der Waals surface area contributed by atoms with E-state index < -0.39 is 21.6 Å². The first-order valence-electron chi connectivity index (χ1n) is 2.44. The van der Waals surface area contributed by atoms with Crippen LogP contribution in [-0.2, 0) is 18.2 Å². The number of phosphoric acid groups is 2. The number of carboxylic acids is 1. The maximum atomic E-state index is 9.63. The van der Waals surface area contributed by atoms with Crippen molar-refractivity contribution in [3.63, 3.8) is 0 Å². The Bertz CT molecular complexity index is 226. The monoisotopic (exact) mass is 276 g/mol. The summed E-state index contributed by atoms with van der Waals surface area (Å²) in [6.45, 7) is 0.972. The Morgan fingerprint density at radius 3 is 1.29 bits per heavy atom. The molecule has 0 bridgehead atoms. The molecule has 0 atom stereocenters. The number of rotatable bonds is 2. The van der Waals surface area contributed by atoms with E-state index in [2.05, 4.69) is 4.31 Å². The summed E-state index contributed by atoms with van der Waals surface area (Å²) in [5, 5.41) is 8.89. The molecule has 0 saturated heterocycles. The van der Waals surface area contributed by atoms with E-state index in [4.69, 9.17) is 29.5 Å². The largest absolute Gasteiger partial charge is 1.00 e. The molecule has 0 aromatic rings. The second-order valence-electron chi connectivity index (χ2n) is 1.55. The van der Waals surface area contributed by atoms with E-state index in [1.165, 1.54) is 0 Å². The zero-order chi connectivity index (χ0) is 11.3. The Morgan fingerprint density at radius 2 is 1.29 bits per heavy atom. The summed E-state index contributed by atoms with van der Waals surface area (Å²) in [6.07, 6.45) is 0. The van der Waals surface area contributed by atoms with Crippen molar-refractivity contribution in [2.24, 2.45) is 0 Å². The number of hydrogen-bond acceptors (Lipinski definition) is 5. The average molecular weight is 276 g/mol. The van der Waals surface area contributed by atoms with Gasteiger partial charge < -0.3 is 29.5 Å². The summed E-state index contributed by atoms with van der Waals surface area (Å²) >= 11 is 0. The third kappa shape index (κ3) is 37.7. The Morgan fingerprint density at radius 1 is 1.14 bits per heavy atom. The van der Waals surface area contributed by atoms with Crippen LogP contribution in [-0.4, -0.2) is 25.5 Å². The molecule has 0 radical (unpaired) electrons. The van der Waals surface area contributed by atoms with E-state index in [1.54, 1.807) is 0 Å². The van der Waals surface area contributed by atoms with Crippen molar-refractivity contribution in [3.8, 4) is 0 Å². The number of carbonyl (C=O) groups excluding carboxylic acids is 1. The van der Waals surface area contributed by atoms with Gasteiger partial charge in [-0.3, -0.25) is 0 Å². The molecule has 0 aromatic carbocycles. The minimum Gasteiger partial charge on any atom is -0.550 e. The molecular weight excluding hydrogens is 269 g/mol. The van der Waals surface area contributed by atoms with Gasteiger partial charge in [-0.2, -0.15) is 4.31 Å². The van der Waals surface area contributed by atoms with Gasteiger partial charge in [0.05, 0.1) is 0 Å². The summed E-state index contributed by atoms with van der Waals surface area (Å²) in [6, 6.07) is 0. The molecule has 4 N–H and O–H groups in total. The molecule has 0 rings (SSSR count). The van der Waals surface area contributed by atoms with Gasteiger partial charge in [0.15, 0.2) is 0 Å². The van der Waals surface area contributed by atoms with Gasteiger partial charge in [-0.1, -0.05) is 0 Å². The number of carbonyl (C=O) groups is 1. The summed E-state index contributed by atoms with van der Waals surface area (Å²) < 4.78 is 22.2. The topological polar surface area (TPSA) is 164 Å². The van der Waals surface area contributed by atoms with Gasteiger partial charge in [-0.05, 0) is 6.92 Å². The fourth-order valence-electron chi connectivity index (χ4n) is 0.139. The quantitative estimate of drug-likeness (QED) is 0.285. The molecule has 0 heterocycles. The first kappa shape index (κ1) is 20.7. The second-order valence-corrected chi connectivity index (χ2v) is 4.17. The van der Waals surface area contributed by atoms with Gasteiger partial charge in [0, 0.05) is 5.97 Å². The van der Waals surface area contributed by atoms with E-state index in [0.717, 1.165) is 6.92 Å². The molecule has 0 fully saturated rings. The molecule has 12 heteroatoms. The minimum atomic E-state index is -5.05. The molecule has 0 aromatic heterocycles. The fourth-order valence-corrected chi connectivity index (χ4v) is 1.25. The Labute approximate surface area is 121 Å². The van der Waals surface area contributed by atoms with Crippen molar-refractivity contribution in [1.82, 2.24) is 0 Å². The normalized spacial score (nSPS) is 10.6. The van der Waals surface area contributed by atoms with Crippen LogP contribution < -0.4 is 56.5 Å². The maximum Gasteiger partial charge on any atom is 1.00 e. The third-order valence-corrected chi connectivity index (χ3v) is 1.91. The third-order valence-electron chi connectivity index (χ3n) is 0.213. The van der Waals surface area contributed by atoms with E-state index >= 15 is 0 Å². The number of aliphatic carboxylic acids is 1. The van der Waals surface area contributed by atoms with Gasteiger partial charge in [0.1, 0.15) is 0 Å². The van der Waals surface area contributed by atoms with E-state index in [-0.39, 0.29) is 51.4 Å². The van der Waals surface area contributed by atoms with Crippen molar-refractivity contribution in [1.29, 1.82) is 0 Å². The number of hydrogen-bond donors (Lipinski definition) is 4. The van der Waals surface area contributed by atoms with Gasteiger partial charge in [-0.25, -0.2) is 9.13 Å². The van der Waals surface area contributed by atoms with Crippen LogP contribution in [0.4, 0.5) is 0 Å². The van der Waals surface area contributed by atoms with Crippen LogP contribution in [0, 0.1) is 0 Å². The fraction of sp³-hybridized carbons (Fsp3) is 0.500. The van der Waals surface area contributed by atoms with Crippen molar-refractivity contribution < 1.29 is 94.3 Å². The molecule has 0 aliphatic heterocycles. The molecule has 0 amide bonds. The van der Waals surface area contributed by atoms with Gasteiger partial charge in [0.25, 0.3) is 0 Å². The Balaban J connectivity index is -0.000000209. The first-order chi connectivity index (χ1) is 5.44. The van der Waals surface area contributed by atoms with Crippen LogP contribution in [0.5, 0.6) is 0 Å². The zero-order valence-corrected chi connectivity index (χ0v) is 12.1. The van der Waals surface area contributed by atoms with Crippen molar-refractivity contribution in [3.05, 3.63) is 0 Å². The molecule has 14 heavy (non-hydrogen) atoms. The summed E-state index contributed by atoms with van der Waals surface area (Å²) in [5.74, 6) is -1.08. The van der Waals surface area contributed by atoms with Crippen LogP contribution in [0.2, 0.25) is 0 Å². The van der Waals surface area contributed by atoms with Gasteiger partial charge in [0.2, 0.25) is 0 Å². The van der Waals surface area contributed by atoms with Crippen molar-refractivity contribution in [2.45, 2.75) is 6.92 Å². The van der Waals surface area contributed by atoms with Crippen LogP contribution in [0.25, 0.3) is 0 Å². The Kier molecular flexibility index (Phi) is 12.6. The smallest absolute Gasteiger partial charge is 0.550 e. The molecular formula is C2H7KO9P2. The van der Waals surface area contributed by atoms with E-state index in [9.17, 15) is 9.13 Å². The average Bonchev–Trinajstić information content (AvgIpc) is 1.47. The van der Waals surface area contributed by atoms with Gasteiger partial charge in [-0.15, -0.1) is 0 Å². The zero-order valence-electron chi connectivity index (χ0n) is 7.22. The van der Waals surface area contributed by atoms with Crippen LogP contribution in [0.3, 0.4) is 0 Å². The standard InChI is InChI=1S/C2H4O2.K.H4O7P2/c1-2(3)4;;1-8(2,3)7-9(4,5)6/h1H3,(H,3,4);;(H2,1,2,3)(H2,4,5,6)/q;+1;/p-1. The molecule has 0 spiro atoms. The number of carboxylic acid groups (broad SMARTS) is 1. The SMILES string of the molecule is CC(=O)[O-].O=P(O)(O)OP(=O)(O)O.[K+]. The molecule has 0 aliphatic carbocycles. The molecule has 80 valence electrons. The molecule has 0 aliphatic rings. The minimum absolute atomic E-state index is 0. The molecule has 0 saturated carbocycles. The van der Waals surface area contributed by atoms with Crippen LogP contribution in [0.15, 0.2) is 0 Å². The van der Waals surface area contributed by atoms with Crippen molar-refractivity contribution >= 4 is 21.6 Å². The second kappa shape index (κ2) is 8.51. The van der Waals surface area contributed by atoms with Crippen LogP contribution >= 0.6 is 15.6 Å². The summed E-state index contributed by atoms with van der Waals surface area (Å²) in [4.78, 5) is 39.9. The van der Waals surface area contributed by atoms with E-state index in [0.29, 0.717) is 0 Å². The predicted octanol–water partition coefficient (Wildman–Crippen LogP) is -5.05. The summed E-state index contributed by atoms with van der Waals surface area (Å²) in [7, 11) is -10.1. The first-order valence-corrected chi connectivity index (χ1v) is 5.50. The Hall–Kier alpha value is 1.37. The summed E-state index contributed by atoms with van der Waals surface area (Å²) in [5.41, 5.74) is 0. The van der Waals surface area contributed by atoms with Crippen molar-refractivity contribution in [2.75, 3.05) is 0 Å². The van der Waals surface area contributed by atoms with E-state index in [1.807, 2.05) is 0 Å². The van der Waals surface area contributed by atoms with Crippen LogP contribution in [0.1, 0.15) is 6.92 Å². The molecule has 0 unspecified atom stereocenters.